The molecular weight excluding hydrogens is 420 g/mol. The second kappa shape index (κ2) is 10.3. The Labute approximate surface area is 192 Å². The molecule has 0 aromatic heterocycles. The molecule has 4 aromatic rings. The lowest BCUT2D eigenvalue weighted by atomic mass is 10.2. The summed E-state index contributed by atoms with van der Waals surface area (Å²) in [7, 11) is 4.86. The standard InChI is InChI=1S/C27H24O6/c1-28-19-7-13-22(14-8-19)31-25-5-4-6-26(32-23-15-9-20(29-2)10-16-23)27(25)33-24-17-11-21(30-3)12-18-24/h4-18H,1-3H3. The number of methoxy groups -OCH3 is 3. The Morgan fingerprint density at radius 2 is 0.667 bits per heavy atom. The maximum absolute atomic E-state index is 6.22. The van der Waals surface area contributed by atoms with Gasteiger partial charge in [-0.25, -0.2) is 0 Å². The molecule has 0 fully saturated rings. The van der Waals surface area contributed by atoms with E-state index in [1.165, 1.54) is 0 Å². The van der Waals surface area contributed by atoms with Crippen molar-refractivity contribution in [2.24, 2.45) is 0 Å². The molecule has 0 amide bonds. The summed E-state index contributed by atoms with van der Waals surface area (Å²) in [5.41, 5.74) is 0. The maximum Gasteiger partial charge on any atom is 0.212 e. The number of para-hydroxylation sites is 1. The van der Waals surface area contributed by atoms with E-state index in [1.54, 1.807) is 21.3 Å². The fourth-order valence-electron chi connectivity index (χ4n) is 3.06. The van der Waals surface area contributed by atoms with E-state index in [4.69, 9.17) is 28.4 Å². The predicted octanol–water partition coefficient (Wildman–Crippen LogP) is 7.09. The van der Waals surface area contributed by atoms with Crippen LogP contribution in [-0.4, -0.2) is 21.3 Å². The lowest BCUT2D eigenvalue weighted by Crippen LogP contribution is -1.95. The molecule has 4 rings (SSSR count). The van der Waals surface area contributed by atoms with Gasteiger partial charge in [0.15, 0.2) is 11.5 Å². The Morgan fingerprint density at radius 3 is 1.00 bits per heavy atom. The summed E-state index contributed by atoms with van der Waals surface area (Å²) in [4.78, 5) is 0. The second-order valence-electron chi connectivity index (χ2n) is 6.92. The molecule has 0 N–H and O–H groups in total. The number of hydrogen-bond donors (Lipinski definition) is 0. The number of hydrogen-bond acceptors (Lipinski definition) is 6. The van der Waals surface area contributed by atoms with Crippen molar-refractivity contribution < 1.29 is 28.4 Å². The minimum atomic E-state index is 0.439. The molecule has 0 atom stereocenters. The van der Waals surface area contributed by atoms with E-state index in [0.29, 0.717) is 34.5 Å². The average Bonchev–Trinajstić information content (AvgIpc) is 2.87. The quantitative estimate of drug-likeness (QED) is 0.275. The summed E-state index contributed by atoms with van der Waals surface area (Å²) in [6.45, 7) is 0. The summed E-state index contributed by atoms with van der Waals surface area (Å²) < 4.78 is 34.2. The summed E-state index contributed by atoms with van der Waals surface area (Å²) in [5, 5.41) is 0. The van der Waals surface area contributed by atoms with Gasteiger partial charge in [0.1, 0.15) is 34.5 Å². The lowest BCUT2D eigenvalue weighted by molar-refractivity contribution is 0.382. The molecule has 0 aliphatic rings. The van der Waals surface area contributed by atoms with Crippen molar-refractivity contribution in [1.29, 1.82) is 0 Å². The molecule has 0 saturated heterocycles. The van der Waals surface area contributed by atoms with Gasteiger partial charge in [-0.15, -0.1) is 0 Å². The molecule has 33 heavy (non-hydrogen) atoms. The fraction of sp³-hybridized carbons (Fsp3) is 0.111. The summed E-state index contributed by atoms with van der Waals surface area (Å²) in [5.74, 6) is 5.55. The molecule has 168 valence electrons. The van der Waals surface area contributed by atoms with Crippen LogP contribution in [0.1, 0.15) is 0 Å². The molecule has 0 bridgehead atoms. The second-order valence-corrected chi connectivity index (χ2v) is 6.92. The Bertz CT molecular complexity index is 1100. The van der Waals surface area contributed by atoms with Gasteiger partial charge in [0, 0.05) is 0 Å². The van der Waals surface area contributed by atoms with Crippen molar-refractivity contribution in [2.75, 3.05) is 21.3 Å². The Morgan fingerprint density at radius 1 is 0.364 bits per heavy atom. The van der Waals surface area contributed by atoms with Crippen molar-refractivity contribution in [3.05, 3.63) is 91.0 Å². The van der Waals surface area contributed by atoms with Crippen LogP contribution >= 0.6 is 0 Å². The van der Waals surface area contributed by atoms with E-state index >= 15 is 0 Å². The first-order valence-electron chi connectivity index (χ1n) is 10.3. The van der Waals surface area contributed by atoms with Crippen LogP contribution in [-0.2, 0) is 0 Å². The third-order valence-electron chi connectivity index (χ3n) is 4.80. The summed E-state index contributed by atoms with van der Waals surface area (Å²) in [6.07, 6.45) is 0. The van der Waals surface area contributed by atoms with Crippen molar-refractivity contribution in [3.63, 3.8) is 0 Å². The number of rotatable bonds is 9. The van der Waals surface area contributed by atoms with Gasteiger partial charge >= 0.3 is 0 Å². The van der Waals surface area contributed by atoms with Gasteiger partial charge in [-0.1, -0.05) is 6.07 Å². The molecule has 4 aromatic carbocycles. The van der Waals surface area contributed by atoms with Crippen LogP contribution in [0.5, 0.6) is 51.7 Å². The lowest BCUT2D eigenvalue weighted by Gasteiger charge is -2.17. The van der Waals surface area contributed by atoms with Gasteiger partial charge in [-0.2, -0.15) is 0 Å². The monoisotopic (exact) mass is 444 g/mol. The molecule has 0 heterocycles. The first-order chi connectivity index (χ1) is 16.2. The first kappa shape index (κ1) is 21.9. The molecule has 0 spiro atoms. The number of ether oxygens (including phenoxy) is 6. The van der Waals surface area contributed by atoms with Crippen molar-refractivity contribution in [1.82, 2.24) is 0 Å². The first-order valence-corrected chi connectivity index (χ1v) is 10.3. The highest BCUT2D eigenvalue weighted by Gasteiger charge is 2.16. The van der Waals surface area contributed by atoms with Gasteiger partial charge < -0.3 is 28.4 Å². The Kier molecular flexibility index (Phi) is 6.85. The molecular formula is C27H24O6. The predicted molar refractivity (Wildman–Crippen MR) is 126 cm³/mol. The molecule has 0 radical (unpaired) electrons. The Hall–Kier alpha value is -4.32. The van der Waals surface area contributed by atoms with E-state index in [0.717, 1.165) is 17.2 Å². The molecule has 6 heteroatoms. The molecule has 6 nitrogen and oxygen atoms in total. The highest BCUT2D eigenvalue weighted by atomic mass is 16.5. The van der Waals surface area contributed by atoms with E-state index in [1.807, 2.05) is 91.0 Å². The van der Waals surface area contributed by atoms with Crippen molar-refractivity contribution in [3.8, 4) is 51.7 Å². The van der Waals surface area contributed by atoms with Crippen LogP contribution in [0, 0.1) is 0 Å². The normalized spacial score (nSPS) is 10.3. The van der Waals surface area contributed by atoms with Gasteiger partial charge in [0.25, 0.3) is 0 Å². The van der Waals surface area contributed by atoms with Crippen LogP contribution in [0.15, 0.2) is 91.0 Å². The van der Waals surface area contributed by atoms with Gasteiger partial charge in [-0.3, -0.25) is 0 Å². The third kappa shape index (κ3) is 5.49. The summed E-state index contributed by atoms with van der Waals surface area (Å²) >= 11 is 0. The van der Waals surface area contributed by atoms with Crippen LogP contribution < -0.4 is 28.4 Å². The minimum Gasteiger partial charge on any atom is -0.497 e. The topological polar surface area (TPSA) is 55.4 Å². The minimum absolute atomic E-state index is 0.439. The van der Waals surface area contributed by atoms with Crippen LogP contribution in [0.2, 0.25) is 0 Å². The third-order valence-corrected chi connectivity index (χ3v) is 4.80. The summed E-state index contributed by atoms with van der Waals surface area (Å²) in [6, 6.07) is 27.4. The zero-order valence-electron chi connectivity index (χ0n) is 18.6. The number of benzene rings is 4. The Balaban J connectivity index is 1.67. The highest BCUT2D eigenvalue weighted by molar-refractivity contribution is 5.56. The zero-order valence-corrected chi connectivity index (χ0v) is 18.6. The van der Waals surface area contributed by atoms with Gasteiger partial charge in [-0.05, 0) is 84.9 Å². The van der Waals surface area contributed by atoms with Crippen LogP contribution in [0.25, 0.3) is 0 Å². The largest absolute Gasteiger partial charge is 0.497 e. The maximum atomic E-state index is 6.22. The molecule has 0 aliphatic heterocycles. The van der Waals surface area contributed by atoms with Crippen molar-refractivity contribution >= 4 is 0 Å². The van der Waals surface area contributed by atoms with Gasteiger partial charge in [0.2, 0.25) is 5.75 Å². The molecule has 0 unspecified atom stereocenters. The molecule has 0 aliphatic carbocycles. The average molecular weight is 444 g/mol. The zero-order chi connectivity index (χ0) is 23.0. The van der Waals surface area contributed by atoms with Crippen LogP contribution in [0.3, 0.4) is 0 Å². The van der Waals surface area contributed by atoms with E-state index in [2.05, 4.69) is 0 Å². The highest BCUT2D eigenvalue weighted by Crippen LogP contribution is 2.44. The van der Waals surface area contributed by atoms with Crippen LogP contribution in [0.4, 0.5) is 0 Å². The fourth-order valence-corrected chi connectivity index (χ4v) is 3.06. The molecule has 0 saturated carbocycles. The SMILES string of the molecule is COc1ccc(Oc2cccc(Oc3ccc(OC)cc3)c2Oc2ccc(OC)cc2)cc1. The van der Waals surface area contributed by atoms with Crippen molar-refractivity contribution in [2.45, 2.75) is 0 Å². The van der Waals surface area contributed by atoms with E-state index in [-0.39, 0.29) is 0 Å². The smallest absolute Gasteiger partial charge is 0.212 e. The van der Waals surface area contributed by atoms with E-state index < -0.39 is 0 Å². The van der Waals surface area contributed by atoms with E-state index in [9.17, 15) is 0 Å². The van der Waals surface area contributed by atoms with Gasteiger partial charge in [0.05, 0.1) is 21.3 Å².